The molecule has 4 heteroatoms. The zero-order chi connectivity index (χ0) is 12.5. The van der Waals surface area contributed by atoms with Gasteiger partial charge in [0.05, 0.1) is 12.1 Å². The fourth-order valence-corrected chi connectivity index (χ4v) is 2.02. The number of ether oxygens (including phenoxy) is 1. The number of pyridine rings is 1. The van der Waals surface area contributed by atoms with Crippen LogP contribution < -0.4 is 4.74 Å². The summed E-state index contributed by atoms with van der Waals surface area (Å²) in [6, 6.07) is 11.2. The Labute approximate surface area is 109 Å². The van der Waals surface area contributed by atoms with Crippen LogP contribution in [-0.2, 0) is 0 Å². The first-order valence-electron chi connectivity index (χ1n) is 5.46. The molecule has 2 heterocycles. The van der Waals surface area contributed by atoms with Gasteiger partial charge in [-0.3, -0.25) is 4.98 Å². The third kappa shape index (κ3) is 1.83. The number of benzene rings is 1. The van der Waals surface area contributed by atoms with Crippen LogP contribution in [0.15, 0.2) is 47.0 Å². The van der Waals surface area contributed by atoms with Gasteiger partial charge in [0, 0.05) is 17.8 Å². The van der Waals surface area contributed by atoms with Gasteiger partial charge in [-0.05, 0) is 18.2 Å². The maximum atomic E-state index is 6.06. The molecule has 0 aliphatic rings. The average molecular weight is 260 g/mol. The molecule has 3 aromatic rings. The van der Waals surface area contributed by atoms with Crippen LogP contribution in [0.25, 0.3) is 22.4 Å². The van der Waals surface area contributed by atoms with E-state index in [4.69, 9.17) is 20.8 Å². The minimum Gasteiger partial charge on any atom is -0.497 e. The van der Waals surface area contributed by atoms with Gasteiger partial charge < -0.3 is 9.15 Å². The van der Waals surface area contributed by atoms with E-state index in [0.29, 0.717) is 10.6 Å². The molecular formula is C14H10ClNO2. The number of methoxy groups -OCH3 is 1. The van der Waals surface area contributed by atoms with Crippen molar-refractivity contribution in [1.82, 2.24) is 4.98 Å². The van der Waals surface area contributed by atoms with E-state index in [-0.39, 0.29) is 0 Å². The van der Waals surface area contributed by atoms with Gasteiger partial charge in [-0.15, -0.1) is 0 Å². The minimum atomic E-state index is 0.564. The number of nitrogens with zero attached hydrogens (tertiary/aromatic N) is 1. The second-order valence-corrected chi connectivity index (χ2v) is 4.26. The van der Waals surface area contributed by atoms with Gasteiger partial charge in [0.15, 0.2) is 5.58 Å². The summed E-state index contributed by atoms with van der Waals surface area (Å²) in [6.07, 6.45) is 1.66. The lowest BCUT2D eigenvalue weighted by Gasteiger charge is -2.01. The van der Waals surface area contributed by atoms with Gasteiger partial charge in [-0.25, -0.2) is 0 Å². The summed E-state index contributed by atoms with van der Waals surface area (Å²) in [6.45, 7) is 0. The van der Waals surface area contributed by atoms with E-state index in [9.17, 15) is 0 Å². The highest BCUT2D eigenvalue weighted by Gasteiger charge is 2.10. The molecule has 0 bridgehead atoms. The van der Waals surface area contributed by atoms with Crippen LogP contribution in [0.4, 0.5) is 0 Å². The van der Waals surface area contributed by atoms with Crippen molar-refractivity contribution in [3.63, 3.8) is 0 Å². The van der Waals surface area contributed by atoms with Crippen LogP contribution in [0, 0.1) is 0 Å². The molecule has 0 aliphatic heterocycles. The van der Waals surface area contributed by atoms with E-state index >= 15 is 0 Å². The molecule has 0 saturated carbocycles. The highest BCUT2D eigenvalue weighted by Crippen LogP contribution is 2.31. The number of halogens is 1. The highest BCUT2D eigenvalue weighted by molar-refractivity contribution is 6.34. The van der Waals surface area contributed by atoms with E-state index in [2.05, 4.69) is 4.98 Å². The maximum Gasteiger partial charge on any atom is 0.171 e. The fourth-order valence-electron chi connectivity index (χ4n) is 1.83. The van der Waals surface area contributed by atoms with Crippen LogP contribution in [0.3, 0.4) is 0 Å². The van der Waals surface area contributed by atoms with Crippen molar-refractivity contribution < 1.29 is 9.15 Å². The van der Waals surface area contributed by atoms with Crippen molar-refractivity contribution in [3.8, 4) is 17.1 Å². The number of rotatable bonds is 2. The fraction of sp³-hybridized carbons (Fsp3) is 0.0714. The maximum absolute atomic E-state index is 6.06. The van der Waals surface area contributed by atoms with E-state index in [0.717, 1.165) is 22.6 Å². The first-order valence-corrected chi connectivity index (χ1v) is 5.84. The summed E-state index contributed by atoms with van der Waals surface area (Å²) in [7, 11) is 1.64. The van der Waals surface area contributed by atoms with E-state index in [1.807, 2.05) is 30.3 Å². The van der Waals surface area contributed by atoms with Crippen LogP contribution >= 0.6 is 11.6 Å². The summed E-state index contributed by atoms with van der Waals surface area (Å²) >= 11 is 6.06. The number of aromatic nitrogens is 1. The van der Waals surface area contributed by atoms with Crippen molar-refractivity contribution in [3.05, 3.63) is 47.6 Å². The van der Waals surface area contributed by atoms with E-state index in [1.165, 1.54) is 0 Å². The molecule has 0 unspecified atom stereocenters. The van der Waals surface area contributed by atoms with Crippen LogP contribution in [0.5, 0.6) is 5.75 Å². The second-order valence-electron chi connectivity index (χ2n) is 3.85. The lowest BCUT2D eigenvalue weighted by molar-refractivity contribution is 0.415. The monoisotopic (exact) mass is 259 g/mol. The van der Waals surface area contributed by atoms with Gasteiger partial charge >= 0.3 is 0 Å². The number of furan rings is 1. The molecule has 0 aliphatic carbocycles. The smallest absolute Gasteiger partial charge is 0.171 e. The molecule has 2 aromatic heterocycles. The molecule has 0 fully saturated rings. The summed E-state index contributed by atoms with van der Waals surface area (Å²) in [5.74, 6) is 1.51. The Morgan fingerprint density at radius 2 is 2.11 bits per heavy atom. The Bertz CT molecular complexity index is 706. The Morgan fingerprint density at radius 3 is 2.89 bits per heavy atom. The third-order valence-corrected chi connectivity index (χ3v) is 3.02. The largest absolute Gasteiger partial charge is 0.497 e. The van der Waals surface area contributed by atoms with Crippen LogP contribution in [-0.4, -0.2) is 12.1 Å². The molecule has 1 aromatic carbocycles. The zero-order valence-electron chi connectivity index (χ0n) is 9.68. The lowest BCUT2D eigenvalue weighted by Crippen LogP contribution is -1.82. The third-order valence-electron chi connectivity index (χ3n) is 2.72. The Hall–Kier alpha value is -2.00. The van der Waals surface area contributed by atoms with Crippen molar-refractivity contribution in [2.45, 2.75) is 0 Å². The normalized spacial score (nSPS) is 10.8. The van der Waals surface area contributed by atoms with Crippen molar-refractivity contribution in [2.75, 3.05) is 7.11 Å². The molecule has 0 atom stereocenters. The zero-order valence-corrected chi connectivity index (χ0v) is 10.4. The predicted octanol–water partition coefficient (Wildman–Crippen LogP) is 4.16. The molecule has 90 valence electrons. The number of hydrogen-bond acceptors (Lipinski definition) is 3. The quantitative estimate of drug-likeness (QED) is 0.693. The number of fused-ring (bicyclic) bond motifs is 1. The molecule has 18 heavy (non-hydrogen) atoms. The summed E-state index contributed by atoms with van der Waals surface area (Å²) in [4.78, 5) is 4.22. The topological polar surface area (TPSA) is 35.3 Å². The van der Waals surface area contributed by atoms with Gasteiger partial charge in [-0.1, -0.05) is 23.7 Å². The van der Waals surface area contributed by atoms with Crippen molar-refractivity contribution in [1.29, 1.82) is 0 Å². The van der Waals surface area contributed by atoms with Gasteiger partial charge in [0.25, 0.3) is 0 Å². The SMILES string of the molecule is COc1cccc(-c2cc3nccc(Cl)c3o2)c1. The molecule has 0 radical (unpaired) electrons. The molecule has 0 amide bonds. The first-order chi connectivity index (χ1) is 8.78. The standard InChI is InChI=1S/C14H10ClNO2/c1-17-10-4-2-3-9(7-10)13-8-12-14(18-13)11(15)5-6-16-12/h2-8H,1H3. The minimum absolute atomic E-state index is 0.564. The Balaban J connectivity index is 2.16. The summed E-state index contributed by atoms with van der Waals surface area (Å²) in [5, 5.41) is 0.564. The van der Waals surface area contributed by atoms with Gasteiger partial charge in [-0.2, -0.15) is 0 Å². The predicted molar refractivity (Wildman–Crippen MR) is 71.0 cm³/mol. The molecule has 0 spiro atoms. The second kappa shape index (κ2) is 4.35. The summed E-state index contributed by atoms with van der Waals surface area (Å²) < 4.78 is 10.9. The molecule has 0 saturated heterocycles. The first kappa shape index (κ1) is 11.1. The van der Waals surface area contributed by atoms with E-state index < -0.39 is 0 Å². The Morgan fingerprint density at radius 1 is 1.22 bits per heavy atom. The molecule has 3 rings (SSSR count). The Kier molecular flexibility index (Phi) is 2.68. The van der Waals surface area contributed by atoms with E-state index in [1.54, 1.807) is 19.4 Å². The molecule has 3 nitrogen and oxygen atoms in total. The van der Waals surface area contributed by atoms with Gasteiger partial charge in [0.2, 0.25) is 0 Å². The average Bonchev–Trinajstić information content (AvgIpc) is 2.84. The summed E-state index contributed by atoms with van der Waals surface area (Å²) in [5.41, 5.74) is 2.29. The highest BCUT2D eigenvalue weighted by atomic mass is 35.5. The van der Waals surface area contributed by atoms with Crippen molar-refractivity contribution in [2.24, 2.45) is 0 Å². The van der Waals surface area contributed by atoms with Crippen LogP contribution in [0.1, 0.15) is 0 Å². The molecular weight excluding hydrogens is 250 g/mol. The molecule has 0 N–H and O–H groups in total. The van der Waals surface area contributed by atoms with Crippen LogP contribution in [0.2, 0.25) is 5.02 Å². The number of hydrogen-bond donors (Lipinski definition) is 0. The lowest BCUT2D eigenvalue weighted by atomic mass is 10.1. The van der Waals surface area contributed by atoms with Crippen molar-refractivity contribution >= 4 is 22.7 Å². The van der Waals surface area contributed by atoms with Gasteiger partial charge in [0.1, 0.15) is 17.0 Å².